The van der Waals surface area contributed by atoms with Crippen molar-refractivity contribution >= 4 is 28.8 Å². The Balaban J connectivity index is 1.64. The van der Waals surface area contributed by atoms with E-state index in [0.717, 1.165) is 25.0 Å². The molecule has 30 heavy (non-hydrogen) atoms. The summed E-state index contributed by atoms with van der Waals surface area (Å²) in [6, 6.07) is 2.66. The largest absolute Gasteiger partial charge is 0.372 e. The van der Waals surface area contributed by atoms with Crippen LogP contribution in [0.15, 0.2) is 47.2 Å². The van der Waals surface area contributed by atoms with Crippen LogP contribution in [0.4, 0.5) is 11.4 Å². The van der Waals surface area contributed by atoms with Crippen LogP contribution < -0.4 is 0 Å². The van der Waals surface area contributed by atoms with E-state index in [4.69, 9.17) is 4.84 Å². The van der Waals surface area contributed by atoms with Gasteiger partial charge in [-0.2, -0.15) is 0 Å². The number of ketones is 1. The Kier molecular flexibility index (Phi) is 4.76. The van der Waals surface area contributed by atoms with E-state index in [1.54, 1.807) is 13.0 Å². The molecule has 10 nitrogen and oxygen atoms in total. The molecule has 4 aliphatic rings. The Morgan fingerprint density at radius 2 is 1.77 bits per heavy atom. The second-order valence-corrected chi connectivity index (χ2v) is 7.64. The zero-order valence-corrected chi connectivity index (χ0v) is 15.9. The summed E-state index contributed by atoms with van der Waals surface area (Å²) in [6.45, 7) is 1.68. The molecular formula is C20H17N3O7. The third-order valence-electron chi connectivity index (χ3n) is 5.99. The molecule has 0 spiro atoms. The van der Waals surface area contributed by atoms with E-state index < -0.39 is 32.8 Å². The van der Waals surface area contributed by atoms with E-state index in [-0.39, 0.29) is 29.5 Å². The lowest BCUT2D eigenvalue weighted by Gasteiger charge is -2.45. The van der Waals surface area contributed by atoms with Crippen LogP contribution in [0, 0.1) is 43.9 Å². The number of oxime groups is 1. The van der Waals surface area contributed by atoms with Gasteiger partial charge in [-0.3, -0.25) is 25.0 Å². The van der Waals surface area contributed by atoms with Crippen LogP contribution >= 0.6 is 0 Å². The molecule has 2 bridgehead atoms. The molecule has 0 radical (unpaired) electrons. The number of carbonyl (C=O) groups is 2. The molecule has 1 saturated carbocycles. The van der Waals surface area contributed by atoms with Gasteiger partial charge in [0.15, 0.2) is 5.78 Å². The van der Waals surface area contributed by atoms with Crippen molar-refractivity contribution < 1.29 is 24.3 Å². The highest BCUT2D eigenvalue weighted by Crippen LogP contribution is 2.48. The molecule has 0 aliphatic heterocycles. The van der Waals surface area contributed by atoms with E-state index in [2.05, 4.69) is 17.3 Å². The van der Waals surface area contributed by atoms with Crippen LogP contribution in [0.2, 0.25) is 0 Å². The summed E-state index contributed by atoms with van der Waals surface area (Å²) < 4.78 is 0. The minimum atomic E-state index is -1.10. The number of hydrogen-bond donors (Lipinski definition) is 0. The molecular weight excluding hydrogens is 394 g/mol. The van der Waals surface area contributed by atoms with Crippen LogP contribution in [-0.4, -0.2) is 27.3 Å². The topological polar surface area (TPSA) is 142 Å². The number of rotatable bonds is 4. The maximum atomic E-state index is 12.7. The maximum absolute atomic E-state index is 12.7. The highest BCUT2D eigenvalue weighted by atomic mass is 16.7. The number of nitro groups is 2. The lowest BCUT2D eigenvalue weighted by Crippen LogP contribution is -2.47. The number of allylic oxidation sites excluding steroid dienone is 4. The third-order valence-corrected chi connectivity index (χ3v) is 5.99. The van der Waals surface area contributed by atoms with Crippen LogP contribution in [0.5, 0.6) is 0 Å². The van der Waals surface area contributed by atoms with E-state index in [1.165, 1.54) is 0 Å². The molecule has 1 fully saturated rings. The van der Waals surface area contributed by atoms with Gasteiger partial charge >= 0.3 is 5.97 Å². The Morgan fingerprint density at radius 1 is 1.10 bits per heavy atom. The SMILES string of the molecule is CC1=C/C(=N\OC(=O)c2ccc([N+](=O)[O-])cc2[N+](=O)[O-])[C@H]2[C@H](C1=O)[C@H]1C=C[C@H]2CC1. The molecule has 4 aliphatic carbocycles. The van der Waals surface area contributed by atoms with Gasteiger partial charge in [0, 0.05) is 17.9 Å². The van der Waals surface area contributed by atoms with Gasteiger partial charge < -0.3 is 4.84 Å². The van der Waals surface area contributed by atoms with Crippen molar-refractivity contribution in [1.29, 1.82) is 0 Å². The van der Waals surface area contributed by atoms with Crippen molar-refractivity contribution in [2.75, 3.05) is 0 Å². The molecule has 154 valence electrons. The number of carbonyl (C=O) groups excluding carboxylic acids is 2. The van der Waals surface area contributed by atoms with Gasteiger partial charge in [-0.15, -0.1) is 0 Å². The zero-order chi connectivity index (χ0) is 21.6. The number of Topliss-reactive ketones (excluding diaryl/α,β-unsaturated/α-hetero) is 1. The van der Waals surface area contributed by atoms with Crippen LogP contribution in [0.1, 0.15) is 30.1 Å². The summed E-state index contributed by atoms with van der Waals surface area (Å²) in [6.07, 6.45) is 7.55. The minimum absolute atomic E-state index is 0.0651. The highest BCUT2D eigenvalue weighted by Gasteiger charge is 2.48. The van der Waals surface area contributed by atoms with Crippen LogP contribution in [0.25, 0.3) is 0 Å². The predicted molar refractivity (Wildman–Crippen MR) is 104 cm³/mol. The van der Waals surface area contributed by atoms with E-state index in [9.17, 15) is 29.8 Å². The van der Waals surface area contributed by atoms with E-state index >= 15 is 0 Å². The standard InChI is InChI=1S/C20H17N3O7/c1-10-8-15(17-11-2-4-12(5-3-11)18(17)19(10)24)21-30-20(25)14-7-6-13(22(26)27)9-16(14)23(28)29/h2,4,6-9,11-12,17-18H,3,5H2,1H3/b21-15+/t11-,12-,17-,18+/m0/s1. The quantitative estimate of drug-likeness (QED) is 0.320. The van der Waals surface area contributed by atoms with Crippen molar-refractivity contribution in [2.24, 2.45) is 28.8 Å². The minimum Gasteiger partial charge on any atom is -0.312 e. The number of nitrogens with zero attached hydrogens (tertiary/aromatic N) is 3. The van der Waals surface area contributed by atoms with Gasteiger partial charge in [-0.05, 0) is 49.3 Å². The van der Waals surface area contributed by atoms with E-state index in [0.29, 0.717) is 17.4 Å². The van der Waals surface area contributed by atoms with Gasteiger partial charge in [-0.25, -0.2) is 4.79 Å². The second-order valence-electron chi connectivity index (χ2n) is 7.64. The molecule has 0 heterocycles. The Hall–Kier alpha value is -3.69. The van der Waals surface area contributed by atoms with Crippen LogP contribution in [-0.2, 0) is 9.63 Å². The first-order valence-corrected chi connectivity index (χ1v) is 9.41. The molecule has 5 rings (SSSR count). The lowest BCUT2D eigenvalue weighted by atomic mass is 9.57. The Morgan fingerprint density at radius 3 is 2.37 bits per heavy atom. The second kappa shape index (κ2) is 7.29. The Labute approximate surface area is 170 Å². The summed E-state index contributed by atoms with van der Waals surface area (Å²) >= 11 is 0. The predicted octanol–water partition coefficient (Wildman–Crippen LogP) is 3.37. The van der Waals surface area contributed by atoms with Gasteiger partial charge in [0.1, 0.15) is 5.56 Å². The van der Waals surface area contributed by atoms with Crippen molar-refractivity contribution in [3.8, 4) is 0 Å². The van der Waals surface area contributed by atoms with Gasteiger partial charge in [0.2, 0.25) is 0 Å². The zero-order valence-electron chi connectivity index (χ0n) is 15.9. The first-order valence-electron chi connectivity index (χ1n) is 9.41. The molecule has 0 aromatic heterocycles. The molecule has 0 amide bonds. The number of nitro benzene ring substituents is 2. The van der Waals surface area contributed by atoms with Crippen LogP contribution in [0.3, 0.4) is 0 Å². The fourth-order valence-corrected chi connectivity index (χ4v) is 4.59. The number of fused-ring (bicyclic) bond motifs is 1. The molecule has 0 N–H and O–H groups in total. The molecule has 0 saturated heterocycles. The number of non-ortho nitro benzene ring substituents is 1. The summed E-state index contributed by atoms with van der Waals surface area (Å²) in [4.78, 5) is 50.5. The van der Waals surface area contributed by atoms with Crippen molar-refractivity contribution in [1.82, 2.24) is 0 Å². The summed E-state index contributed by atoms with van der Waals surface area (Å²) in [7, 11) is 0. The first-order chi connectivity index (χ1) is 14.3. The lowest BCUT2D eigenvalue weighted by molar-refractivity contribution is -0.394. The monoisotopic (exact) mass is 411 g/mol. The van der Waals surface area contributed by atoms with Gasteiger partial charge in [-0.1, -0.05) is 17.3 Å². The van der Waals surface area contributed by atoms with Gasteiger partial charge in [0.25, 0.3) is 11.4 Å². The number of benzene rings is 1. The molecule has 0 unspecified atom stereocenters. The fourth-order valence-electron chi connectivity index (χ4n) is 4.59. The number of hydrogen-bond acceptors (Lipinski definition) is 8. The first kappa shape index (κ1) is 19.6. The smallest absolute Gasteiger partial charge is 0.312 e. The fraction of sp³-hybridized carbons (Fsp3) is 0.350. The summed E-state index contributed by atoms with van der Waals surface area (Å²) in [5.74, 6) is -1.25. The van der Waals surface area contributed by atoms with Crippen molar-refractivity contribution in [3.63, 3.8) is 0 Å². The summed E-state index contributed by atoms with van der Waals surface area (Å²) in [5.41, 5.74) is -0.717. The van der Waals surface area contributed by atoms with Crippen molar-refractivity contribution in [3.05, 3.63) is 67.8 Å². The highest BCUT2D eigenvalue weighted by molar-refractivity contribution is 6.13. The molecule has 1 aromatic rings. The van der Waals surface area contributed by atoms with Gasteiger partial charge in [0.05, 0.1) is 21.6 Å². The summed E-state index contributed by atoms with van der Waals surface area (Å²) in [5, 5.41) is 26.0. The molecule has 10 heteroatoms. The van der Waals surface area contributed by atoms with Crippen molar-refractivity contribution in [2.45, 2.75) is 19.8 Å². The average molecular weight is 411 g/mol. The van der Waals surface area contributed by atoms with E-state index in [1.807, 2.05) is 0 Å². The molecule has 4 atom stereocenters. The molecule has 1 aromatic carbocycles. The maximum Gasteiger partial charge on any atom is 0.372 e. The normalized spacial score (nSPS) is 28.1. The average Bonchev–Trinajstić information content (AvgIpc) is 2.74. The Bertz CT molecular complexity index is 1070. The third kappa shape index (κ3) is 3.19.